The van der Waals surface area contributed by atoms with Crippen molar-refractivity contribution in [2.24, 2.45) is 14.1 Å². The van der Waals surface area contributed by atoms with E-state index in [0.717, 1.165) is 33.8 Å². The van der Waals surface area contributed by atoms with E-state index in [1.807, 2.05) is 5.38 Å². The van der Waals surface area contributed by atoms with Crippen LogP contribution in [0.2, 0.25) is 0 Å². The van der Waals surface area contributed by atoms with Crippen LogP contribution in [0, 0.1) is 0 Å². The number of hydrogen-bond donors (Lipinski definition) is 1. The van der Waals surface area contributed by atoms with Gasteiger partial charge in [0.2, 0.25) is 5.91 Å². The van der Waals surface area contributed by atoms with Crippen molar-refractivity contribution in [3.05, 3.63) is 61.7 Å². The Kier molecular flexibility index (Phi) is 7.38. The highest BCUT2D eigenvalue weighted by Crippen LogP contribution is 2.26. The third-order valence-electron chi connectivity index (χ3n) is 5.79. The number of hydrogen-bond acceptors (Lipinski definition) is 7. The summed E-state index contributed by atoms with van der Waals surface area (Å²) in [7, 11) is 3.00. The van der Waals surface area contributed by atoms with Crippen LogP contribution in [0.15, 0.2) is 39.2 Å². The van der Waals surface area contributed by atoms with Crippen molar-refractivity contribution in [3.8, 4) is 11.3 Å². The van der Waals surface area contributed by atoms with Gasteiger partial charge in [-0.05, 0) is 29.9 Å². The van der Waals surface area contributed by atoms with Crippen molar-refractivity contribution in [1.29, 1.82) is 0 Å². The van der Waals surface area contributed by atoms with Gasteiger partial charge in [-0.25, -0.2) is 9.78 Å². The summed E-state index contributed by atoms with van der Waals surface area (Å²) in [5.74, 6) is -0.313. The summed E-state index contributed by atoms with van der Waals surface area (Å²) < 4.78 is 6.67. The van der Waals surface area contributed by atoms with E-state index in [1.54, 1.807) is 7.05 Å². The molecule has 178 valence electrons. The summed E-state index contributed by atoms with van der Waals surface area (Å²) in [6.45, 7) is 2.22. The zero-order chi connectivity index (χ0) is 24.2. The second kappa shape index (κ2) is 10.4. The van der Waals surface area contributed by atoms with E-state index < -0.39 is 11.2 Å². The van der Waals surface area contributed by atoms with Gasteiger partial charge in [0.15, 0.2) is 5.13 Å². The van der Waals surface area contributed by atoms with Gasteiger partial charge in [0.25, 0.3) is 5.56 Å². The number of amides is 1. The summed E-state index contributed by atoms with van der Waals surface area (Å²) >= 11 is 2.39. The van der Waals surface area contributed by atoms with Gasteiger partial charge in [0.05, 0.1) is 23.2 Å². The molecule has 1 N–H and O–H groups in total. The summed E-state index contributed by atoms with van der Waals surface area (Å²) in [5.41, 5.74) is 2.63. The van der Waals surface area contributed by atoms with E-state index >= 15 is 0 Å². The molecule has 1 aromatic carbocycles. The molecule has 0 unspecified atom stereocenters. The molecular formula is C24H27N5O3S2. The molecule has 0 saturated carbocycles. The smallest absolute Gasteiger partial charge is 0.302 e. The van der Waals surface area contributed by atoms with Gasteiger partial charge in [-0.2, -0.15) is 4.37 Å². The molecule has 0 aliphatic rings. The lowest BCUT2D eigenvalue weighted by Gasteiger charge is -2.04. The first-order chi connectivity index (χ1) is 16.4. The van der Waals surface area contributed by atoms with Gasteiger partial charge in [-0.3, -0.25) is 18.7 Å². The Balaban J connectivity index is 1.42. The number of rotatable bonds is 9. The number of fused-ring (bicyclic) bond motifs is 1. The summed E-state index contributed by atoms with van der Waals surface area (Å²) in [6.07, 6.45) is 5.99. The van der Waals surface area contributed by atoms with Crippen LogP contribution >= 0.6 is 22.9 Å². The van der Waals surface area contributed by atoms with Crippen LogP contribution in [0.4, 0.5) is 5.13 Å². The molecule has 3 aromatic heterocycles. The number of nitrogens with one attached hydrogen (secondary N) is 1. The lowest BCUT2D eigenvalue weighted by Crippen LogP contribution is -2.36. The predicted molar refractivity (Wildman–Crippen MR) is 138 cm³/mol. The van der Waals surface area contributed by atoms with E-state index in [0.29, 0.717) is 21.0 Å². The second-order valence-electron chi connectivity index (χ2n) is 8.29. The van der Waals surface area contributed by atoms with Crippen molar-refractivity contribution in [1.82, 2.24) is 18.5 Å². The molecule has 0 atom stereocenters. The number of unbranched alkanes of at least 4 members (excludes halogenated alkanes) is 3. The zero-order valence-electron chi connectivity index (χ0n) is 19.5. The Hall–Kier alpha value is -3.11. The minimum absolute atomic E-state index is 0.0743. The van der Waals surface area contributed by atoms with Gasteiger partial charge in [-0.15, -0.1) is 11.3 Å². The second-order valence-corrected chi connectivity index (χ2v) is 9.90. The first-order valence-electron chi connectivity index (χ1n) is 11.3. The van der Waals surface area contributed by atoms with Crippen LogP contribution in [0.1, 0.15) is 43.9 Å². The summed E-state index contributed by atoms with van der Waals surface area (Å²) in [6, 6.07) is 8.41. The summed E-state index contributed by atoms with van der Waals surface area (Å²) in [4.78, 5) is 42.3. The Bertz CT molecular complexity index is 1430. The maximum absolute atomic E-state index is 12.7. The van der Waals surface area contributed by atoms with E-state index in [1.165, 1.54) is 54.2 Å². The number of nitrogens with zero attached hydrogens (tertiary/aromatic N) is 4. The third-order valence-corrected chi connectivity index (χ3v) is 7.51. The highest BCUT2D eigenvalue weighted by Gasteiger charge is 2.19. The highest BCUT2D eigenvalue weighted by atomic mass is 32.1. The topological polar surface area (TPSA) is 98.9 Å². The molecule has 3 heterocycles. The first kappa shape index (κ1) is 24.0. The Morgan fingerprint density at radius 3 is 2.56 bits per heavy atom. The molecule has 34 heavy (non-hydrogen) atoms. The van der Waals surface area contributed by atoms with Gasteiger partial charge < -0.3 is 5.32 Å². The fraction of sp³-hybridized carbons (Fsp3) is 0.375. The van der Waals surface area contributed by atoms with Crippen molar-refractivity contribution >= 4 is 44.1 Å². The number of thiazole rings is 1. The fourth-order valence-corrected chi connectivity index (χ4v) is 5.41. The van der Waals surface area contributed by atoms with Gasteiger partial charge in [0, 0.05) is 25.0 Å². The average molecular weight is 498 g/mol. The van der Waals surface area contributed by atoms with Crippen LogP contribution in [-0.4, -0.2) is 24.4 Å². The molecule has 0 radical (unpaired) electrons. The molecule has 0 bridgehead atoms. The Morgan fingerprint density at radius 2 is 1.82 bits per heavy atom. The van der Waals surface area contributed by atoms with Crippen LogP contribution in [0.5, 0.6) is 0 Å². The molecular weight excluding hydrogens is 470 g/mol. The van der Waals surface area contributed by atoms with Crippen molar-refractivity contribution < 1.29 is 4.79 Å². The predicted octanol–water partition coefficient (Wildman–Crippen LogP) is 4.12. The zero-order valence-corrected chi connectivity index (χ0v) is 21.1. The van der Waals surface area contributed by atoms with E-state index in [2.05, 4.69) is 45.9 Å². The van der Waals surface area contributed by atoms with Crippen LogP contribution in [-0.2, 0) is 31.7 Å². The molecule has 0 spiro atoms. The molecule has 0 saturated heterocycles. The number of carbonyl (C=O) groups is 1. The third kappa shape index (κ3) is 5.02. The molecule has 0 aliphatic carbocycles. The molecule has 0 fully saturated rings. The lowest BCUT2D eigenvalue weighted by atomic mass is 10.0. The average Bonchev–Trinajstić information content (AvgIpc) is 3.47. The fourth-order valence-electron chi connectivity index (χ4n) is 3.82. The Labute approximate surface area is 205 Å². The maximum atomic E-state index is 12.7. The minimum atomic E-state index is -0.444. The molecule has 8 nitrogen and oxygen atoms in total. The molecule has 4 aromatic rings. The van der Waals surface area contributed by atoms with E-state index in [-0.39, 0.29) is 12.3 Å². The number of aromatic nitrogens is 4. The number of aryl methyl sites for hydroxylation is 2. The molecule has 4 rings (SSSR count). The minimum Gasteiger partial charge on any atom is -0.302 e. The molecule has 1 amide bonds. The van der Waals surface area contributed by atoms with Crippen LogP contribution < -0.4 is 16.6 Å². The summed E-state index contributed by atoms with van der Waals surface area (Å²) in [5, 5.41) is 5.51. The number of benzene rings is 1. The maximum Gasteiger partial charge on any atom is 0.331 e. The van der Waals surface area contributed by atoms with E-state index in [4.69, 9.17) is 0 Å². The monoisotopic (exact) mass is 497 g/mol. The normalized spacial score (nSPS) is 11.3. The largest absolute Gasteiger partial charge is 0.331 e. The van der Waals surface area contributed by atoms with Crippen molar-refractivity contribution in [2.45, 2.75) is 45.4 Å². The van der Waals surface area contributed by atoms with Gasteiger partial charge in [-0.1, -0.05) is 50.5 Å². The number of anilines is 1. The number of carbonyl (C=O) groups excluding carboxylic acids is 1. The lowest BCUT2D eigenvalue weighted by molar-refractivity contribution is -0.115. The Morgan fingerprint density at radius 1 is 1.06 bits per heavy atom. The van der Waals surface area contributed by atoms with Crippen LogP contribution in [0.25, 0.3) is 21.5 Å². The van der Waals surface area contributed by atoms with Gasteiger partial charge in [0.1, 0.15) is 4.83 Å². The van der Waals surface area contributed by atoms with E-state index in [9.17, 15) is 14.4 Å². The van der Waals surface area contributed by atoms with Crippen molar-refractivity contribution in [3.63, 3.8) is 0 Å². The van der Waals surface area contributed by atoms with Crippen LogP contribution in [0.3, 0.4) is 0 Å². The SMILES string of the molecule is CCCCCCc1ccc(-c2csc(NC(=O)Cc3nsc4c3c(=O)n(C)c(=O)n4C)n2)cc1. The van der Waals surface area contributed by atoms with Gasteiger partial charge >= 0.3 is 5.69 Å². The quantitative estimate of drug-likeness (QED) is 0.351. The standard InChI is InChI=1S/C24H27N5O3S2/c1-4-5-6-7-8-15-9-11-16(12-10-15)18-14-33-23(25-18)26-19(30)13-17-20-21(31)28(2)24(32)29(3)22(20)34-27-17/h9-12,14H,4-8,13H2,1-3H3,(H,25,26,30). The highest BCUT2D eigenvalue weighted by molar-refractivity contribution is 7.14. The van der Waals surface area contributed by atoms with Crippen molar-refractivity contribution in [2.75, 3.05) is 5.32 Å². The molecule has 0 aliphatic heterocycles. The first-order valence-corrected chi connectivity index (χ1v) is 12.9. The molecule has 10 heteroatoms.